The van der Waals surface area contributed by atoms with Crippen molar-refractivity contribution in [2.45, 2.75) is 0 Å². The number of carboxylic acid groups (broad SMARTS) is 1. The Kier molecular flexibility index (Phi) is 7.06. The van der Waals surface area contributed by atoms with Crippen molar-refractivity contribution in [1.82, 2.24) is 5.32 Å². The number of amides is 2. The monoisotopic (exact) mass is 516 g/mol. The van der Waals surface area contributed by atoms with Gasteiger partial charge >= 0.3 is 5.97 Å². The first kappa shape index (κ1) is 23.2. The maximum Gasteiger partial charge on any atom is 0.335 e. The number of carbonyl (C=O) groups is 3. The lowest BCUT2D eigenvalue weighted by Gasteiger charge is -2.29. The number of carbonyl (C=O) groups excluding carboxylic acids is 2. The molecule has 0 spiro atoms. The first-order valence-corrected chi connectivity index (χ1v) is 10.3. The van der Waals surface area contributed by atoms with E-state index < -0.39 is 17.8 Å². The number of rotatable bonds is 7. The average molecular weight is 517 g/mol. The lowest BCUT2D eigenvalue weighted by Crippen LogP contribution is -2.54. The number of nitrogens with zero attached hydrogens (tertiary/aromatic N) is 1. The van der Waals surface area contributed by atoms with E-state index in [-0.39, 0.29) is 28.5 Å². The van der Waals surface area contributed by atoms with Gasteiger partial charge in [0.15, 0.2) is 16.6 Å². The number of benzene rings is 2. The predicted octanol–water partition coefficient (Wildman–Crippen LogP) is 3.55. The van der Waals surface area contributed by atoms with Gasteiger partial charge in [-0.1, -0.05) is 34.7 Å². The molecule has 32 heavy (non-hydrogen) atoms. The van der Waals surface area contributed by atoms with Gasteiger partial charge in [-0.05, 0) is 54.2 Å². The van der Waals surface area contributed by atoms with Gasteiger partial charge in [0, 0.05) is 4.47 Å². The van der Waals surface area contributed by atoms with Crippen molar-refractivity contribution in [3.8, 4) is 11.5 Å². The molecule has 0 aliphatic carbocycles. The Labute approximate surface area is 197 Å². The van der Waals surface area contributed by atoms with E-state index in [1.165, 1.54) is 37.5 Å². The van der Waals surface area contributed by atoms with Gasteiger partial charge < -0.3 is 14.6 Å². The Morgan fingerprint density at radius 1 is 1.28 bits per heavy atom. The van der Waals surface area contributed by atoms with Crippen molar-refractivity contribution in [3.05, 3.63) is 70.2 Å². The van der Waals surface area contributed by atoms with E-state index in [4.69, 9.17) is 21.7 Å². The lowest BCUT2D eigenvalue weighted by molar-refractivity contribution is -0.122. The summed E-state index contributed by atoms with van der Waals surface area (Å²) in [6.07, 6.45) is 2.97. The van der Waals surface area contributed by atoms with Crippen LogP contribution < -0.4 is 19.7 Å². The van der Waals surface area contributed by atoms with Gasteiger partial charge in [0.25, 0.3) is 11.8 Å². The van der Waals surface area contributed by atoms with Crippen LogP contribution in [0.15, 0.2) is 59.1 Å². The minimum Gasteiger partial charge on any atom is -0.493 e. The summed E-state index contributed by atoms with van der Waals surface area (Å²) in [5.74, 6) is -1.68. The first-order valence-electron chi connectivity index (χ1n) is 9.12. The van der Waals surface area contributed by atoms with Crippen LogP contribution in [-0.2, 0) is 9.59 Å². The molecule has 2 aromatic rings. The van der Waals surface area contributed by atoms with Crippen LogP contribution in [0.2, 0.25) is 0 Å². The molecule has 3 rings (SSSR count). The number of carboxylic acids is 1. The number of hydrogen-bond acceptors (Lipinski definition) is 6. The fourth-order valence-corrected chi connectivity index (χ4v) is 3.63. The largest absolute Gasteiger partial charge is 0.493 e. The highest BCUT2D eigenvalue weighted by atomic mass is 79.9. The summed E-state index contributed by atoms with van der Waals surface area (Å²) in [5, 5.41) is 11.6. The summed E-state index contributed by atoms with van der Waals surface area (Å²) in [7, 11) is 1.47. The number of nitrogens with one attached hydrogen (secondary N) is 1. The Morgan fingerprint density at radius 3 is 2.69 bits per heavy atom. The number of hydrogen-bond donors (Lipinski definition) is 2. The Morgan fingerprint density at radius 2 is 2.03 bits per heavy atom. The van der Waals surface area contributed by atoms with E-state index in [9.17, 15) is 19.5 Å². The van der Waals surface area contributed by atoms with E-state index in [0.717, 1.165) is 4.90 Å². The van der Waals surface area contributed by atoms with E-state index in [1.54, 1.807) is 18.2 Å². The highest BCUT2D eigenvalue weighted by Gasteiger charge is 2.35. The van der Waals surface area contributed by atoms with Crippen molar-refractivity contribution in [1.29, 1.82) is 0 Å². The number of methoxy groups -OCH3 is 1. The van der Waals surface area contributed by atoms with Crippen molar-refractivity contribution in [3.63, 3.8) is 0 Å². The third kappa shape index (κ3) is 4.71. The van der Waals surface area contributed by atoms with Crippen molar-refractivity contribution < 1.29 is 29.0 Å². The van der Waals surface area contributed by atoms with Crippen LogP contribution in [0.1, 0.15) is 15.9 Å². The highest BCUT2D eigenvalue weighted by molar-refractivity contribution is 9.10. The zero-order valence-corrected chi connectivity index (χ0v) is 19.2. The van der Waals surface area contributed by atoms with Crippen LogP contribution in [0.25, 0.3) is 6.08 Å². The SMILES string of the molecule is C=CCOc1cc(Br)c(C=C2C(=O)NC(=S)N(c3cccc(C(=O)O)c3)C2=O)cc1OC. The minimum atomic E-state index is -1.16. The zero-order chi connectivity index (χ0) is 23.4. The fourth-order valence-electron chi connectivity index (χ4n) is 2.91. The van der Waals surface area contributed by atoms with Gasteiger partial charge in [-0.2, -0.15) is 0 Å². The zero-order valence-electron chi connectivity index (χ0n) is 16.8. The minimum absolute atomic E-state index is 0.0249. The molecule has 164 valence electrons. The third-order valence-electron chi connectivity index (χ3n) is 4.39. The third-order valence-corrected chi connectivity index (χ3v) is 5.36. The van der Waals surface area contributed by atoms with Gasteiger partial charge in [-0.15, -0.1) is 0 Å². The topological polar surface area (TPSA) is 105 Å². The maximum absolute atomic E-state index is 13.2. The molecule has 1 aliphatic rings. The smallest absolute Gasteiger partial charge is 0.335 e. The number of ether oxygens (including phenoxy) is 2. The summed E-state index contributed by atoms with van der Waals surface area (Å²) in [4.78, 5) is 38.1. The molecule has 1 heterocycles. The fraction of sp³-hybridized carbons (Fsp3) is 0.0909. The van der Waals surface area contributed by atoms with Crippen molar-refractivity contribution >= 4 is 62.8 Å². The summed E-state index contributed by atoms with van der Waals surface area (Å²) < 4.78 is 11.4. The van der Waals surface area contributed by atoms with Gasteiger partial charge in [0.05, 0.1) is 18.4 Å². The van der Waals surface area contributed by atoms with E-state index >= 15 is 0 Å². The quantitative estimate of drug-likeness (QED) is 0.251. The molecule has 0 radical (unpaired) electrons. The molecule has 2 amide bonds. The number of aromatic carboxylic acids is 1. The van der Waals surface area contributed by atoms with Crippen LogP contribution >= 0.6 is 28.1 Å². The Hall–Kier alpha value is -3.50. The molecule has 10 heteroatoms. The van der Waals surface area contributed by atoms with Crippen LogP contribution in [0.3, 0.4) is 0 Å². The standard InChI is InChI=1S/C22H17BrN2O6S/c1-3-7-31-18-11-16(23)13(10-17(18)30-2)9-15-19(26)24-22(32)25(20(15)27)14-6-4-5-12(8-14)21(28)29/h3-6,8-11H,1,7H2,2H3,(H,28,29)(H,24,26,32). The van der Waals surface area contributed by atoms with Crippen molar-refractivity contribution in [2.24, 2.45) is 0 Å². The summed E-state index contributed by atoms with van der Waals surface area (Å²) >= 11 is 8.57. The molecule has 0 atom stereocenters. The number of anilines is 1. The molecular weight excluding hydrogens is 500 g/mol. The van der Waals surface area contributed by atoms with Crippen LogP contribution in [0, 0.1) is 0 Å². The average Bonchev–Trinajstić information content (AvgIpc) is 2.76. The molecule has 0 bridgehead atoms. The van der Waals surface area contributed by atoms with E-state index in [0.29, 0.717) is 21.5 Å². The van der Waals surface area contributed by atoms with Crippen LogP contribution in [-0.4, -0.2) is 41.7 Å². The van der Waals surface area contributed by atoms with Crippen molar-refractivity contribution in [2.75, 3.05) is 18.6 Å². The molecule has 1 saturated heterocycles. The Balaban J connectivity index is 2.04. The summed E-state index contributed by atoms with van der Waals surface area (Å²) in [6, 6.07) is 8.95. The van der Waals surface area contributed by atoms with Gasteiger partial charge in [0.2, 0.25) is 0 Å². The number of halogens is 1. The maximum atomic E-state index is 13.2. The molecule has 0 aromatic heterocycles. The molecule has 1 fully saturated rings. The molecule has 1 aliphatic heterocycles. The summed E-state index contributed by atoms with van der Waals surface area (Å²) in [5.41, 5.74) is 0.485. The van der Waals surface area contributed by atoms with Gasteiger partial charge in [-0.3, -0.25) is 19.8 Å². The molecular formula is C22H17BrN2O6S. The van der Waals surface area contributed by atoms with Gasteiger partial charge in [-0.25, -0.2) is 4.79 Å². The lowest BCUT2D eigenvalue weighted by atomic mass is 10.1. The normalized spacial score (nSPS) is 14.9. The van der Waals surface area contributed by atoms with Crippen LogP contribution in [0.5, 0.6) is 11.5 Å². The van der Waals surface area contributed by atoms with Crippen LogP contribution in [0.4, 0.5) is 5.69 Å². The first-order chi connectivity index (χ1) is 15.3. The molecule has 8 nitrogen and oxygen atoms in total. The highest BCUT2D eigenvalue weighted by Crippen LogP contribution is 2.35. The molecule has 2 aromatic carbocycles. The van der Waals surface area contributed by atoms with Gasteiger partial charge in [0.1, 0.15) is 12.2 Å². The van der Waals surface area contributed by atoms with E-state index in [2.05, 4.69) is 27.8 Å². The summed E-state index contributed by atoms with van der Waals surface area (Å²) in [6.45, 7) is 3.87. The second-order valence-corrected chi connectivity index (χ2v) is 7.68. The molecule has 0 saturated carbocycles. The molecule has 2 N–H and O–H groups in total. The van der Waals surface area contributed by atoms with E-state index in [1.807, 2.05) is 0 Å². The Bertz CT molecular complexity index is 1180. The second-order valence-electron chi connectivity index (χ2n) is 6.44. The number of thiocarbonyl (C=S) groups is 1. The second kappa shape index (κ2) is 9.75. The predicted molar refractivity (Wildman–Crippen MR) is 126 cm³/mol. The molecule has 0 unspecified atom stereocenters.